The molecule has 2 atom stereocenters. The molecule has 232 valence electrons. The van der Waals surface area contributed by atoms with E-state index in [-0.39, 0.29) is 62.4 Å². The fourth-order valence-electron chi connectivity index (χ4n) is 4.25. The van der Waals surface area contributed by atoms with Crippen LogP contribution in [0.3, 0.4) is 0 Å². The van der Waals surface area contributed by atoms with Gasteiger partial charge in [0.05, 0.1) is 48.3 Å². The van der Waals surface area contributed by atoms with Crippen LogP contribution >= 0.6 is 0 Å². The van der Waals surface area contributed by atoms with Crippen molar-refractivity contribution < 1.29 is 35.9 Å². The summed E-state index contributed by atoms with van der Waals surface area (Å²) in [6, 6.07) is 10.7. The Bertz CT molecular complexity index is 1290. The molecule has 2 unspecified atom stereocenters. The van der Waals surface area contributed by atoms with Gasteiger partial charge in [0.1, 0.15) is 0 Å². The second kappa shape index (κ2) is 15.0. The first-order chi connectivity index (χ1) is 19.8. The van der Waals surface area contributed by atoms with Crippen molar-refractivity contribution in [1.29, 1.82) is 0 Å². The van der Waals surface area contributed by atoms with Gasteiger partial charge < -0.3 is 19.3 Å². The summed E-state index contributed by atoms with van der Waals surface area (Å²) in [7, 11) is -7.78. The molecule has 2 aromatic carbocycles. The molecule has 2 N–H and O–H groups in total. The minimum Gasteiger partial charge on any atom is -0.378 e. The molecular formula is C28H40N4O8S2. The predicted molar refractivity (Wildman–Crippen MR) is 157 cm³/mol. The molecule has 12 nitrogen and oxygen atoms in total. The standard InChI is InChI=1S/C28H40N4O8S2/c1-21-5-9-25(10-6-21)41(35,36)29-23(3)27(33)31-13-17-39-19-15-32(16-20-40-18-14-31)28(34)24(4)30-42(37,38)26-11-7-22(2)8-12-26/h5-12,23-24,29-30H,13-20H2,1-4H3. The highest BCUT2D eigenvalue weighted by Gasteiger charge is 2.28. The fourth-order valence-corrected chi connectivity index (χ4v) is 6.65. The Morgan fingerprint density at radius 2 is 0.905 bits per heavy atom. The lowest BCUT2D eigenvalue weighted by Crippen LogP contribution is -2.50. The third kappa shape index (κ3) is 9.57. The lowest BCUT2D eigenvalue weighted by Gasteiger charge is -2.29. The van der Waals surface area contributed by atoms with E-state index in [1.807, 2.05) is 13.8 Å². The molecule has 0 bridgehead atoms. The SMILES string of the molecule is Cc1ccc(S(=O)(=O)NC(C)C(=O)N2CCOCCN(C(=O)C(C)NS(=O)(=O)c3ccc(C)cc3)CCOCC2)cc1. The number of hydrogen-bond acceptors (Lipinski definition) is 8. The number of ether oxygens (including phenoxy) is 2. The summed E-state index contributed by atoms with van der Waals surface area (Å²) in [6.45, 7) is 8.07. The molecule has 2 amide bonds. The molecule has 1 aliphatic rings. The predicted octanol–water partition coefficient (Wildman–Crippen LogP) is 1.04. The summed E-state index contributed by atoms with van der Waals surface area (Å²) in [4.78, 5) is 29.3. The fraction of sp³-hybridized carbons (Fsp3) is 0.500. The molecule has 3 rings (SSSR count). The van der Waals surface area contributed by atoms with E-state index >= 15 is 0 Å². The Morgan fingerprint density at radius 1 is 0.619 bits per heavy atom. The molecule has 1 aliphatic heterocycles. The third-order valence-corrected chi connectivity index (χ3v) is 9.83. The zero-order chi connectivity index (χ0) is 30.9. The van der Waals surface area contributed by atoms with Crippen LogP contribution in [-0.4, -0.2) is 103 Å². The highest BCUT2D eigenvalue weighted by molar-refractivity contribution is 7.89. The molecule has 42 heavy (non-hydrogen) atoms. The summed E-state index contributed by atoms with van der Waals surface area (Å²) in [5.41, 5.74) is 1.84. The van der Waals surface area contributed by atoms with E-state index in [4.69, 9.17) is 9.47 Å². The minimum absolute atomic E-state index is 0.0736. The summed E-state index contributed by atoms with van der Waals surface area (Å²) >= 11 is 0. The van der Waals surface area contributed by atoms with Crippen molar-refractivity contribution in [2.45, 2.75) is 49.6 Å². The lowest BCUT2D eigenvalue weighted by molar-refractivity contribution is -0.136. The van der Waals surface area contributed by atoms with Crippen LogP contribution in [0.2, 0.25) is 0 Å². The first-order valence-electron chi connectivity index (χ1n) is 13.7. The number of carbonyl (C=O) groups excluding carboxylic acids is 2. The van der Waals surface area contributed by atoms with Crippen LogP contribution < -0.4 is 9.44 Å². The summed E-state index contributed by atoms with van der Waals surface area (Å²) < 4.78 is 67.2. The van der Waals surface area contributed by atoms with Crippen LogP contribution in [0.5, 0.6) is 0 Å². The van der Waals surface area contributed by atoms with Gasteiger partial charge in [0.25, 0.3) is 0 Å². The van der Waals surface area contributed by atoms with Gasteiger partial charge in [0.15, 0.2) is 0 Å². The number of nitrogens with one attached hydrogen (secondary N) is 2. The zero-order valence-corrected chi connectivity index (χ0v) is 26.0. The molecule has 14 heteroatoms. The van der Waals surface area contributed by atoms with Crippen molar-refractivity contribution in [3.8, 4) is 0 Å². The molecule has 0 radical (unpaired) electrons. The maximum atomic E-state index is 13.1. The van der Waals surface area contributed by atoms with E-state index in [2.05, 4.69) is 9.44 Å². The monoisotopic (exact) mass is 624 g/mol. The quantitative estimate of drug-likeness (QED) is 0.442. The van der Waals surface area contributed by atoms with E-state index < -0.39 is 43.9 Å². The van der Waals surface area contributed by atoms with Crippen molar-refractivity contribution in [1.82, 2.24) is 19.2 Å². The van der Waals surface area contributed by atoms with Gasteiger partial charge in [0.2, 0.25) is 31.9 Å². The number of nitrogens with zero attached hydrogens (tertiary/aromatic N) is 2. The topological polar surface area (TPSA) is 151 Å². The van der Waals surface area contributed by atoms with Gasteiger partial charge >= 0.3 is 0 Å². The Kier molecular flexibility index (Phi) is 12.0. The van der Waals surface area contributed by atoms with Gasteiger partial charge in [-0.2, -0.15) is 9.44 Å². The van der Waals surface area contributed by atoms with Crippen molar-refractivity contribution in [3.63, 3.8) is 0 Å². The highest BCUT2D eigenvalue weighted by Crippen LogP contribution is 2.13. The molecule has 0 saturated carbocycles. The van der Waals surface area contributed by atoms with Crippen LogP contribution in [0.4, 0.5) is 0 Å². The van der Waals surface area contributed by atoms with E-state index in [9.17, 15) is 26.4 Å². The average molecular weight is 625 g/mol. The van der Waals surface area contributed by atoms with E-state index in [0.717, 1.165) is 11.1 Å². The number of sulfonamides is 2. The Morgan fingerprint density at radius 3 is 1.19 bits per heavy atom. The van der Waals surface area contributed by atoms with Crippen molar-refractivity contribution >= 4 is 31.9 Å². The lowest BCUT2D eigenvalue weighted by atomic mass is 10.2. The van der Waals surface area contributed by atoms with Crippen LogP contribution in [-0.2, 0) is 39.1 Å². The van der Waals surface area contributed by atoms with Crippen LogP contribution in [0, 0.1) is 13.8 Å². The van der Waals surface area contributed by atoms with Crippen molar-refractivity contribution in [2.75, 3.05) is 52.6 Å². The van der Waals surface area contributed by atoms with Gasteiger partial charge in [-0.3, -0.25) is 9.59 Å². The molecule has 0 aromatic heterocycles. The van der Waals surface area contributed by atoms with E-state index in [1.54, 1.807) is 24.3 Å². The van der Waals surface area contributed by atoms with Crippen LogP contribution in [0.25, 0.3) is 0 Å². The number of amides is 2. The van der Waals surface area contributed by atoms with Crippen LogP contribution in [0.15, 0.2) is 58.3 Å². The largest absolute Gasteiger partial charge is 0.378 e. The van der Waals surface area contributed by atoms with Gasteiger partial charge in [0, 0.05) is 26.2 Å². The Balaban J connectivity index is 1.54. The second-order valence-corrected chi connectivity index (χ2v) is 13.6. The van der Waals surface area contributed by atoms with E-state index in [1.165, 1.54) is 47.9 Å². The van der Waals surface area contributed by atoms with Crippen LogP contribution in [0.1, 0.15) is 25.0 Å². The first kappa shape index (κ1) is 33.6. The van der Waals surface area contributed by atoms with Crippen molar-refractivity contribution in [3.05, 3.63) is 59.7 Å². The number of carbonyl (C=O) groups is 2. The molecule has 1 saturated heterocycles. The number of benzene rings is 2. The molecule has 2 aromatic rings. The normalized spacial score (nSPS) is 17.5. The molecule has 0 spiro atoms. The van der Waals surface area contributed by atoms with Gasteiger partial charge in [-0.25, -0.2) is 16.8 Å². The van der Waals surface area contributed by atoms with Gasteiger partial charge in [-0.15, -0.1) is 0 Å². The molecule has 1 fully saturated rings. The van der Waals surface area contributed by atoms with Crippen molar-refractivity contribution in [2.24, 2.45) is 0 Å². The highest BCUT2D eigenvalue weighted by atomic mass is 32.2. The number of aryl methyl sites for hydroxylation is 2. The Labute approximate surface area is 248 Å². The van der Waals surface area contributed by atoms with E-state index in [0.29, 0.717) is 0 Å². The Hall–Kier alpha value is -2.88. The first-order valence-corrected chi connectivity index (χ1v) is 16.7. The minimum atomic E-state index is -3.89. The maximum absolute atomic E-state index is 13.1. The molecular weight excluding hydrogens is 584 g/mol. The maximum Gasteiger partial charge on any atom is 0.241 e. The van der Waals surface area contributed by atoms with Gasteiger partial charge in [-0.05, 0) is 52.0 Å². The molecule has 1 heterocycles. The molecule has 0 aliphatic carbocycles. The number of hydrogen-bond donors (Lipinski definition) is 2. The number of rotatable bonds is 8. The smallest absolute Gasteiger partial charge is 0.241 e. The summed E-state index contributed by atoms with van der Waals surface area (Å²) in [5.74, 6) is -0.831. The average Bonchev–Trinajstić information content (AvgIpc) is 2.92. The zero-order valence-electron chi connectivity index (χ0n) is 24.4. The second-order valence-electron chi connectivity index (χ2n) is 10.2. The third-order valence-electron chi connectivity index (χ3n) is 6.71. The summed E-state index contributed by atoms with van der Waals surface area (Å²) in [5, 5.41) is 0. The summed E-state index contributed by atoms with van der Waals surface area (Å²) in [6.07, 6.45) is 0. The van der Waals surface area contributed by atoms with Gasteiger partial charge in [-0.1, -0.05) is 35.4 Å².